The fourth-order valence-electron chi connectivity index (χ4n) is 2.22. The van der Waals surface area contributed by atoms with Crippen LogP contribution in [0, 0.1) is 5.82 Å². The lowest BCUT2D eigenvalue weighted by atomic mass is 10.0. The normalized spacial score (nSPS) is 12.3. The molecule has 1 unspecified atom stereocenters. The first-order valence-electron chi connectivity index (χ1n) is 6.30. The Morgan fingerprint density at radius 2 is 1.90 bits per heavy atom. The third-order valence-electron chi connectivity index (χ3n) is 3.11. The van der Waals surface area contributed by atoms with Crippen LogP contribution in [0.3, 0.4) is 0 Å². The highest BCUT2D eigenvalue weighted by Crippen LogP contribution is 2.22. The second-order valence-corrected chi connectivity index (χ2v) is 4.70. The Morgan fingerprint density at radius 1 is 1.20 bits per heavy atom. The highest BCUT2D eigenvalue weighted by molar-refractivity contribution is 5.75. The standard InChI is InChI=1S/C16H16FNO2/c1-18(11-12-6-3-2-4-7-12)15(16(19)20)13-8-5-9-14(17)10-13/h2-10,15H,11H2,1H3,(H,19,20). The zero-order valence-corrected chi connectivity index (χ0v) is 11.2. The van der Waals surface area contributed by atoms with Gasteiger partial charge >= 0.3 is 5.97 Å². The molecule has 0 radical (unpaired) electrons. The molecule has 0 aliphatic carbocycles. The van der Waals surface area contributed by atoms with Crippen LogP contribution in [0.4, 0.5) is 4.39 Å². The van der Waals surface area contributed by atoms with Crippen LogP contribution in [0.5, 0.6) is 0 Å². The van der Waals surface area contributed by atoms with E-state index >= 15 is 0 Å². The Morgan fingerprint density at radius 3 is 2.50 bits per heavy atom. The number of carbonyl (C=O) groups is 1. The van der Waals surface area contributed by atoms with E-state index in [1.54, 1.807) is 18.0 Å². The van der Waals surface area contributed by atoms with E-state index in [4.69, 9.17) is 0 Å². The third kappa shape index (κ3) is 3.42. The number of aliphatic carboxylic acids is 1. The Kier molecular flexibility index (Phi) is 4.48. The molecule has 104 valence electrons. The van der Waals surface area contributed by atoms with Gasteiger partial charge in [0.25, 0.3) is 0 Å². The molecular formula is C16H16FNO2. The van der Waals surface area contributed by atoms with Gasteiger partial charge in [0.05, 0.1) is 0 Å². The van der Waals surface area contributed by atoms with Crippen LogP contribution in [0.15, 0.2) is 54.6 Å². The molecule has 1 N–H and O–H groups in total. The van der Waals surface area contributed by atoms with Crippen molar-refractivity contribution in [3.63, 3.8) is 0 Å². The summed E-state index contributed by atoms with van der Waals surface area (Å²) >= 11 is 0. The van der Waals surface area contributed by atoms with Crippen LogP contribution in [0.25, 0.3) is 0 Å². The van der Waals surface area contributed by atoms with Crippen molar-refractivity contribution in [3.05, 3.63) is 71.5 Å². The number of halogens is 1. The molecule has 2 rings (SSSR count). The number of nitrogens with zero attached hydrogens (tertiary/aromatic N) is 1. The fourth-order valence-corrected chi connectivity index (χ4v) is 2.22. The molecule has 0 aromatic heterocycles. The van der Waals surface area contributed by atoms with Crippen molar-refractivity contribution in [1.82, 2.24) is 4.90 Å². The van der Waals surface area contributed by atoms with E-state index in [0.717, 1.165) is 5.56 Å². The van der Waals surface area contributed by atoms with E-state index < -0.39 is 17.8 Å². The van der Waals surface area contributed by atoms with Crippen molar-refractivity contribution in [2.24, 2.45) is 0 Å². The summed E-state index contributed by atoms with van der Waals surface area (Å²) in [6.07, 6.45) is 0. The van der Waals surface area contributed by atoms with E-state index in [-0.39, 0.29) is 0 Å². The minimum absolute atomic E-state index is 0.429. The van der Waals surface area contributed by atoms with Gasteiger partial charge in [-0.05, 0) is 30.3 Å². The van der Waals surface area contributed by atoms with Crippen LogP contribution < -0.4 is 0 Å². The first-order valence-corrected chi connectivity index (χ1v) is 6.30. The minimum Gasteiger partial charge on any atom is -0.480 e. The van der Waals surface area contributed by atoms with Crippen molar-refractivity contribution in [3.8, 4) is 0 Å². The lowest BCUT2D eigenvalue weighted by molar-refractivity contribution is -0.143. The van der Waals surface area contributed by atoms with Gasteiger partial charge in [-0.2, -0.15) is 0 Å². The van der Waals surface area contributed by atoms with Crippen LogP contribution in [0.1, 0.15) is 17.2 Å². The largest absolute Gasteiger partial charge is 0.480 e. The average molecular weight is 273 g/mol. The second-order valence-electron chi connectivity index (χ2n) is 4.70. The van der Waals surface area contributed by atoms with Gasteiger partial charge in [-0.25, -0.2) is 4.39 Å². The Balaban J connectivity index is 2.23. The number of benzene rings is 2. The summed E-state index contributed by atoms with van der Waals surface area (Å²) in [6, 6.07) is 14.4. The molecular weight excluding hydrogens is 257 g/mol. The van der Waals surface area contributed by atoms with Crippen LogP contribution >= 0.6 is 0 Å². The lowest BCUT2D eigenvalue weighted by Crippen LogP contribution is -2.30. The number of carboxylic acids is 1. The molecule has 0 heterocycles. The predicted molar refractivity (Wildman–Crippen MR) is 74.7 cm³/mol. The Hall–Kier alpha value is -2.20. The van der Waals surface area contributed by atoms with Gasteiger partial charge in [0.1, 0.15) is 11.9 Å². The molecule has 0 aliphatic heterocycles. The molecule has 0 aliphatic rings. The van der Waals surface area contributed by atoms with Gasteiger partial charge in [0.15, 0.2) is 0 Å². The highest BCUT2D eigenvalue weighted by atomic mass is 19.1. The van der Waals surface area contributed by atoms with E-state index in [9.17, 15) is 14.3 Å². The molecule has 2 aromatic rings. The summed E-state index contributed by atoms with van der Waals surface area (Å²) in [5, 5.41) is 9.40. The summed E-state index contributed by atoms with van der Waals surface area (Å²) in [7, 11) is 1.72. The number of hydrogen-bond donors (Lipinski definition) is 1. The molecule has 0 bridgehead atoms. The maximum atomic E-state index is 13.3. The number of likely N-dealkylation sites (N-methyl/N-ethyl adjacent to an activating group) is 1. The summed E-state index contributed by atoms with van der Waals surface area (Å²) in [5.41, 5.74) is 1.45. The molecule has 20 heavy (non-hydrogen) atoms. The molecule has 0 amide bonds. The molecule has 0 saturated carbocycles. The van der Waals surface area contributed by atoms with Gasteiger partial charge in [-0.1, -0.05) is 42.5 Å². The quantitative estimate of drug-likeness (QED) is 0.910. The van der Waals surface area contributed by atoms with E-state index in [2.05, 4.69) is 0 Å². The van der Waals surface area contributed by atoms with Gasteiger partial charge in [-0.3, -0.25) is 9.69 Å². The first kappa shape index (κ1) is 14.2. The lowest BCUT2D eigenvalue weighted by Gasteiger charge is -2.25. The Bertz CT molecular complexity index is 586. The van der Waals surface area contributed by atoms with E-state index in [1.165, 1.54) is 18.2 Å². The number of hydrogen-bond acceptors (Lipinski definition) is 2. The van der Waals surface area contributed by atoms with E-state index in [1.807, 2.05) is 30.3 Å². The molecule has 0 spiro atoms. The zero-order chi connectivity index (χ0) is 14.5. The summed E-state index contributed by atoms with van der Waals surface area (Å²) in [4.78, 5) is 13.2. The molecule has 1 atom stereocenters. The Labute approximate surface area is 117 Å². The SMILES string of the molecule is CN(Cc1ccccc1)C(C(=O)O)c1cccc(F)c1. The fraction of sp³-hybridized carbons (Fsp3) is 0.188. The van der Waals surface area contributed by atoms with Crippen molar-refractivity contribution in [2.45, 2.75) is 12.6 Å². The van der Waals surface area contributed by atoms with Crippen molar-refractivity contribution < 1.29 is 14.3 Å². The topological polar surface area (TPSA) is 40.5 Å². The molecule has 4 heteroatoms. The third-order valence-corrected chi connectivity index (χ3v) is 3.11. The van der Waals surface area contributed by atoms with Crippen molar-refractivity contribution in [2.75, 3.05) is 7.05 Å². The maximum Gasteiger partial charge on any atom is 0.325 e. The van der Waals surface area contributed by atoms with Crippen LogP contribution in [-0.4, -0.2) is 23.0 Å². The van der Waals surface area contributed by atoms with Gasteiger partial charge < -0.3 is 5.11 Å². The minimum atomic E-state index is -0.992. The summed E-state index contributed by atoms with van der Waals surface area (Å²) in [5.74, 6) is -1.42. The monoisotopic (exact) mass is 273 g/mol. The van der Waals surface area contributed by atoms with Gasteiger partial charge in [0.2, 0.25) is 0 Å². The number of carboxylic acid groups (broad SMARTS) is 1. The molecule has 0 saturated heterocycles. The maximum absolute atomic E-state index is 13.3. The average Bonchev–Trinajstić information content (AvgIpc) is 2.39. The van der Waals surface area contributed by atoms with E-state index in [0.29, 0.717) is 12.1 Å². The molecule has 0 fully saturated rings. The van der Waals surface area contributed by atoms with Crippen molar-refractivity contribution >= 4 is 5.97 Å². The molecule has 3 nitrogen and oxygen atoms in total. The smallest absolute Gasteiger partial charge is 0.325 e. The summed E-state index contributed by atoms with van der Waals surface area (Å²) in [6.45, 7) is 0.480. The number of rotatable bonds is 5. The highest BCUT2D eigenvalue weighted by Gasteiger charge is 2.24. The van der Waals surface area contributed by atoms with Gasteiger partial charge in [0, 0.05) is 6.54 Å². The van der Waals surface area contributed by atoms with Gasteiger partial charge in [-0.15, -0.1) is 0 Å². The molecule has 2 aromatic carbocycles. The predicted octanol–water partition coefficient (Wildman–Crippen LogP) is 3.08. The van der Waals surface area contributed by atoms with Crippen molar-refractivity contribution in [1.29, 1.82) is 0 Å². The van der Waals surface area contributed by atoms with Crippen LogP contribution in [-0.2, 0) is 11.3 Å². The summed E-state index contributed by atoms with van der Waals surface area (Å²) < 4.78 is 13.3. The zero-order valence-electron chi connectivity index (χ0n) is 11.2. The van der Waals surface area contributed by atoms with Crippen LogP contribution in [0.2, 0.25) is 0 Å². The second kappa shape index (κ2) is 6.30. The first-order chi connectivity index (χ1) is 9.58.